The van der Waals surface area contributed by atoms with Crippen LogP contribution in [0.1, 0.15) is 30.7 Å². The monoisotopic (exact) mass is 351 g/mol. The molecular formula is C17H18ClNOS2. The Balaban J connectivity index is 1.58. The fourth-order valence-electron chi connectivity index (χ4n) is 5.26. The molecule has 22 heavy (non-hydrogen) atoms. The Kier molecular flexibility index (Phi) is 3.25. The zero-order valence-corrected chi connectivity index (χ0v) is 14.5. The van der Waals surface area contributed by atoms with Crippen LogP contribution in [0.4, 0.5) is 4.79 Å². The number of hydrogen-bond acceptors (Lipinski definition) is 3. The molecule has 4 fully saturated rings. The van der Waals surface area contributed by atoms with Crippen LogP contribution in [0.25, 0.3) is 0 Å². The molecule has 4 aliphatic rings. The number of fused-ring (bicyclic) bond motifs is 6. The second kappa shape index (κ2) is 5.09. The predicted octanol–water partition coefficient (Wildman–Crippen LogP) is 4.74. The van der Waals surface area contributed by atoms with Gasteiger partial charge in [-0.3, -0.25) is 4.79 Å². The van der Waals surface area contributed by atoms with E-state index < -0.39 is 0 Å². The van der Waals surface area contributed by atoms with Crippen molar-refractivity contribution in [1.82, 2.24) is 5.32 Å². The van der Waals surface area contributed by atoms with Crippen molar-refractivity contribution in [2.24, 2.45) is 17.8 Å². The zero-order chi connectivity index (χ0) is 14.8. The van der Waals surface area contributed by atoms with E-state index in [1.807, 2.05) is 12.1 Å². The predicted molar refractivity (Wildman–Crippen MR) is 93.6 cm³/mol. The molecule has 7 atom stereocenters. The van der Waals surface area contributed by atoms with Gasteiger partial charge in [-0.2, -0.15) is 0 Å². The van der Waals surface area contributed by atoms with Gasteiger partial charge in [0.2, 0.25) is 0 Å². The van der Waals surface area contributed by atoms with Crippen LogP contribution in [0.15, 0.2) is 24.3 Å². The lowest BCUT2D eigenvalue weighted by molar-refractivity contribution is 0.257. The second-order valence-electron chi connectivity index (χ2n) is 7.02. The number of hydrogen-bond donors (Lipinski definition) is 1. The largest absolute Gasteiger partial charge is 0.334 e. The summed E-state index contributed by atoms with van der Waals surface area (Å²) in [5.41, 5.74) is 1.38. The van der Waals surface area contributed by atoms with Crippen molar-refractivity contribution < 1.29 is 4.79 Å². The highest BCUT2D eigenvalue weighted by atomic mass is 35.5. The molecule has 2 saturated heterocycles. The lowest BCUT2D eigenvalue weighted by Crippen LogP contribution is -2.46. The zero-order valence-electron chi connectivity index (χ0n) is 12.1. The summed E-state index contributed by atoms with van der Waals surface area (Å²) in [7, 11) is 0. The number of thioether (sulfide) groups is 2. The maximum absolute atomic E-state index is 12.0. The molecule has 2 heterocycles. The minimum absolute atomic E-state index is 0.161. The molecule has 116 valence electrons. The third-order valence-corrected chi connectivity index (χ3v) is 9.34. The molecule has 1 amide bonds. The van der Waals surface area contributed by atoms with E-state index in [9.17, 15) is 4.79 Å². The van der Waals surface area contributed by atoms with Crippen LogP contribution in [-0.4, -0.2) is 21.1 Å². The van der Waals surface area contributed by atoms with Crippen molar-refractivity contribution in [1.29, 1.82) is 0 Å². The SMILES string of the molecule is O=C1N[C@@H]2S[C@@H]3[C@H]4CC[C@@H](C4)[C@@H]3[C@@H](c3ccc(Cl)cc3)[C@@H]2S1. The van der Waals surface area contributed by atoms with E-state index in [4.69, 9.17) is 11.6 Å². The van der Waals surface area contributed by atoms with Crippen molar-refractivity contribution in [2.75, 3.05) is 0 Å². The second-order valence-corrected chi connectivity index (χ2v) is 9.94. The Hall–Kier alpha value is -0.320. The topological polar surface area (TPSA) is 29.1 Å². The smallest absolute Gasteiger partial charge is 0.280 e. The normalized spacial score (nSPS) is 45.5. The number of halogens is 1. The van der Waals surface area contributed by atoms with Crippen LogP contribution in [0.3, 0.4) is 0 Å². The maximum Gasteiger partial charge on any atom is 0.280 e. The van der Waals surface area contributed by atoms with Gasteiger partial charge in [0.15, 0.2) is 0 Å². The lowest BCUT2D eigenvalue weighted by Gasteiger charge is -2.46. The molecule has 2 bridgehead atoms. The number of amides is 1. The van der Waals surface area contributed by atoms with Crippen LogP contribution in [0.2, 0.25) is 5.02 Å². The first kappa shape index (κ1) is 14.1. The molecule has 2 nitrogen and oxygen atoms in total. The van der Waals surface area contributed by atoms with E-state index in [-0.39, 0.29) is 5.24 Å². The fourth-order valence-corrected chi connectivity index (χ4v) is 8.82. The average molecular weight is 352 g/mol. The number of nitrogens with one attached hydrogen (secondary N) is 1. The third kappa shape index (κ3) is 1.99. The summed E-state index contributed by atoms with van der Waals surface area (Å²) < 4.78 is 0. The van der Waals surface area contributed by atoms with E-state index in [1.54, 1.807) is 0 Å². The van der Waals surface area contributed by atoms with Crippen molar-refractivity contribution >= 4 is 40.4 Å². The highest BCUT2D eigenvalue weighted by Crippen LogP contribution is 2.64. The number of benzene rings is 1. The highest BCUT2D eigenvalue weighted by Gasteiger charge is 2.59. The molecule has 2 aliphatic carbocycles. The number of rotatable bonds is 1. The number of carbonyl (C=O) groups is 1. The summed E-state index contributed by atoms with van der Waals surface area (Å²) >= 11 is 9.67. The lowest BCUT2D eigenvalue weighted by atomic mass is 9.73. The molecule has 2 saturated carbocycles. The van der Waals surface area contributed by atoms with Gasteiger partial charge in [-0.25, -0.2) is 0 Å². The summed E-state index contributed by atoms with van der Waals surface area (Å²) in [5, 5.41) is 5.56. The fraction of sp³-hybridized carbons (Fsp3) is 0.588. The van der Waals surface area contributed by atoms with Crippen LogP contribution < -0.4 is 5.32 Å². The van der Waals surface area contributed by atoms with E-state index in [1.165, 1.54) is 36.6 Å². The van der Waals surface area contributed by atoms with Crippen molar-refractivity contribution in [3.8, 4) is 0 Å². The van der Waals surface area contributed by atoms with Crippen molar-refractivity contribution in [3.05, 3.63) is 34.9 Å². The van der Waals surface area contributed by atoms with E-state index in [0.717, 1.165) is 28.0 Å². The van der Waals surface area contributed by atoms with Gasteiger partial charge in [-0.05, 0) is 54.7 Å². The third-order valence-electron chi connectivity index (χ3n) is 6.03. The molecule has 1 N–H and O–H groups in total. The molecule has 0 spiro atoms. The van der Waals surface area contributed by atoms with Crippen LogP contribution in [0, 0.1) is 17.8 Å². The molecular weight excluding hydrogens is 334 g/mol. The first-order valence-corrected chi connectivity index (χ1v) is 10.3. The Morgan fingerprint density at radius 2 is 1.86 bits per heavy atom. The Morgan fingerprint density at radius 1 is 1.09 bits per heavy atom. The summed E-state index contributed by atoms with van der Waals surface area (Å²) in [5.74, 6) is 2.97. The molecule has 5 rings (SSSR count). The van der Waals surface area contributed by atoms with Gasteiger partial charge in [0, 0.05) is 16.2 Å². The molecule has 2 aliphatic heterocycles. The van der Waals surface area contributed by atoms with E-state index in [0.29, 0.717) is 16.5 Å². The average Bonchev–Trinajstić information content (AvgIpc) is 3.19. The first-order valence-electron chi connectivity index (χ1n) is 8.09. The van der Waals surface area contributed by atoms with Crippen LogP contribution >= 0.6 is 35.1 Å². The highest BCUT2D eigenvalue weighted by molar-refractivity contribution is 8.15. The molecule has 0 radical (unpaired) electrons. The van der Waals surface area contributed by atoms with Gasteiger partial charge in [0.25, 0.3) is 5.24 Å². The summed E-state index contributed by atoms with van der Waals surface area (Å²) in [6.45, 7) is 0. The van der Waals surface area contributed by atoms with Crippen molar-refractivity contribution in [3.63, 3.8) is 0 Å². The van der Waals surface area contributed by atoms with Gasteiger partial charge in [0.1, 0.15) is 0 Å². The minimum Gasteiger partial charge on any atom is -0.334 e. The van der Waals surface area contributed by atoms with Gasteiger partial charge in [-0.15, -0.1) is 11.8 Å². The molecule has 5 heteroatoms. The molecule has 1 aromatic rings. The summed E-state index contributed by atoms with van der Waals surface area (Å²) in [6.07, 6.45) is 4.19. The van der Waals surface area contributed by atoms with Gasteiger partial charge < -0.3 is 5.32 Å². The summed E-state index contributed by atoms with van der Waals surface area (Å²) in [6, 6.07) is 8.38. The Bertz CT molecular complexity index is 622. The maximum atomic E-state index is 12.0. The van der Waals surface area contributed by atoms with Gasteiger partial charge in [-0.1, -0.05) is 35.5 Å². The Morgan fingerprint density at radius 3 is 2.68 bits per heavy atom. The quantitative estimate of drug-likeness (QED) is 0.792. The molecule has 0 unspecified atom stereocenters. The van der Waals surface area contributed by atoms with Crippen LogP contribution in [-0.2, 0) is 0 Å². The molecule has 0 aromatic heterocycles. The standard InChI is InChI=1S/C17H18ClNOS2/c18-11-5-3-8(4-6-11)12-13-9-1-2-10(7-9)14(13)21-16-15(12)22-17(20)19-16/h3-6,9-10,12-16H,1-2,7H2,(H,19,20)/t9-,10-,12+,13+,14+,15-,16+/m0/s1. The van der Waals surface area contributed by atoms with E-state index >= 15 is 0 Å². The van der Waals surface area contributed by atoms with E-state index in [2.05, 4.69) is 29.2 Å². The Labute approximate surface area is 144 Å². The van der Waals surface area contributed by atoms with Crippen molar-refractivity contribution in [2.45, 2.75) is 41.1 Å². The van der Waals surface area contributed by atoms with Crippen LogP contribution in [0.5, 0.6) is 0 Å². The van der Waals surface area contributed by atoms with Gasteiger partial charge in [0.05, 0.1) is 10.6 Å². The summed E-state index contributed by atoms with van der Waals surface area (Å²) in [4.78, 5) is 12.0. The molecule has 1 aromatic carbocycles. The van der Waals surface area contributed by atoms with Gasteiger partial charge >= 0.3 is 0 Å². The number of carbonyl (C=O) groups excluding carboxylic acids is 1. The minimum atomic E-state index is 0.161. The first-order chi connectivity index (χ1) is 10.7.